The highest BCUT2D eigenvalue weighted by molar-refractivity contribution is 7.89. The molecule has 5 N–H and O–H groups in total. The third-order valence-electron chi connectivity index (χ3n) is 7.14. The molecule has 0 saturated carbocycles. The zero-order valence-corrected chi connectivity index (χ0v) is 26.4. The number of carbonyl (C=O) groups is 1. The van der Waals surface area contributed by atoms with Gasteiger partial charge in [0.15, 0.2) is 0 Å². The molecule has 11 heteroatoms. The zero-order valence-electron chi connectivity index (χ0n) is 24.7. The number of hydrogen-bond donors (Lipinski definition) is 3. The Bertz CT molecular complexity index is 1770. The molecule has 0 bridgehead atoms. The van der Waals surface area contributed by atoms with E-state index in [9.17, 15) is 13.2 Å². The van der Waals surface area contributed by atoms with E-state index >= 15 is 0 Å². The number of ether oxygens (including phenoxy) is 1. The van der Waals surface area contributed by atoms with Gasteiger partial charge < -0.3 is 20.7 Å². The van der Waals surface area contributed by atoms with Crippen molar-refractivity contribution in [3.8, 4) is 16.9 Å². The molecule has 228 valence electrons. The number of rotatable bonds is 11. The van der Waals surface area contributed by atoms with Gasteiger partial charge >= 0.3 is 0 Å². The van der Waals surface area contributed by atoms with Gasteiger partial charge in [-0.25, -0.2) is 18.5 Å². The molecular weight excluding hydrogens is 595 g/mol. The number of hydrogen-bond acceptors (Lipinski definition) is 6. The summed E-state index contributed by atoms with van der Waals surface area (Å²) in [6, 6.07) is 28.3. The van der Waals surface area contributed by atoms with Crippen molar-refractivity contribution in [2.75, 3.05) is 23.9 Å². The minimum absolute atomic E-state index is 0.0384. The normalized spacial score (nSPS) is 12.3. The van der Waals surface area contributed by atoms with Crippen molar-refractivity contribution in [2.24, 2.45) is 15.9 Å². The largest absolute Gasteiger partial charge is 0.497 e. The van der Waals surface area contributed by atoms with Crippen LogP contribution in [0.25, 0.3) is 11.1 Å². The van der Waals surface area contributed by atoms with E-state index in [1.54, 1.807) is 49.6 Å². The molecule has 0 heterocycles. The van der Waals surface area contributed by atoms with Crippen LogP contribution in [0.4, 0.5) is 11.4 Å². The average Bonchev–Trinajstić information content (AvgIpc) is 3.03. The van der Waals surface area contributed by atoms with Gasteiger partial charge in [-0.3, -0.25) is 4.79 Å². The lowest BCUT2D eigenvalue weighted by Crippen LogP contribution is -2.39. The monoisotopic (exact) mass is 629 g/mol. The summed E-state index contributed by atoms with van der Waals surface area (Å²) in [5.74, 6) is 0.777. The number of thiocarbonyl (C=S) groups is 1. The third-order valence-corrected chi connectivity index (χ3v) is 8.44. The summed E-state index contributed by atoms with van der Waals surface area (Å²) >= 11 is 5.49. The molecule has 44 heavy (non-hydrogen) atoms. The Morgan fingerprint density at radius 2 is 1.66 bits per heavy atom. The lowest BCUT2D eigenvalue weighted by molar-refractivity contribution is -0.115. The first-order valence-corrected chi connectivity index (χ1v) is 15.9. The number of primary sulfonamides is 1. The van der Waals surface area contributed by atoms with E-state index in [0.29, 0.717) is 27.4 Å². The molecule has 1 unspecified atom stereocenters. The maximum atomic E-state index is 13.2. The number of anilines is 2. The first-order chi connectivity index (χ1) is 21.0. The van der Waals surface area contributed by atoms with Gasteiger partial charge in [0.05, 0.1) is 18.6 Å². The van der Waals surface area contributed by atoms with Gasteiger partial charge in [-0.1, -0.05) is 61.6 Å². The molecule has 0 fully saturated rings. The first-order valence-electron chi connectivity index (χ1n) is 13.9. The van der Waals surface area contributed by atoms with Crippen molar-refractivity contribution >= 4 is 50.3 Å². The number of methoxy groups -OCH3 is 1. The van der Waals surface area contributed by atoms with E-state index in [1.165, 1.54) is 6.07 Å². The van der Waals surface area contributed by atoms with Crippen LogP contribution in [0, 0.1) is 0 Å². The maximum Gasteiger partial charge on any atom is 0.243 e. The molecule has 0 saturated heterocycles. The van der Waals surface area contributed by atoms with Crippen LogP contribution in [-0.2, 0) is 14.8 Å². The van der Waals surface area contributed by atoms with Crippen molar-refractivity contribution in [3.63, 3.8) is 0 Å². The Labute approximate surface area is 263 Å². The van der Waals surface area contributed by atoms with E-state index < -0.39 is 10.0 Å². The quantitative estimate of drug-likeness (QED) is 0.116. The minimum Gasteiger partial charge on any atom is -0.497 e. The molecule has 1 amide bonds. The fourth-order valence-electron chi connectivity index (χ4n) is 4.58. The lowest BCUT2D eigenvalue weighted by atomic mass is 10.1. The van der Waals surface area contributed by atoms with Crippen LogP contribution in [0.15, 0.2) is 107 Å². The topological polar surface area (TPSA) is 140 Å². The molecule has 0 aliphatic carbocycles. The predicted molar refractivity (Wildman–Crippen MR) is 181 cm³/mol. The molecule has 4 aromatic carbocycles. The number of benzene rings is 4. The van der Waals surface area contributed by atoms with Gasteiger partial charge in [-0.15, -0.1) is 0 Å². The van der Waals surface area contributed by atoms with E-state index in [1.807, 2.05) is 60.4 Å². The van der Waals surface area contributed by atoms with E-state index in [4.69, 9.17) is 27.8 Å². The average molecular weight is 630 g/mol. The number of sulfonamides is 1. The van der Waals surface area contributed by atoms with Gasteiger partial charge in [0.1, 0.15) is 16.6 Å². The number of amidine groups is 1. The van der Waals surface area contributed by atoms with Crippen molar-refractivity contribution < 1.29 is 17.9 Å². The van der Waals surface area contributed by atoms with Crippen molar-refractivity contribution in [1.29, 1.82) is 0 Å². The summed E-state index contributed by atoms with van der Waals surface area (Å²) in [5, 5.41) is 8.32. The fraction of sp³-hybridized carbons (Fsp3) is 0.182. The van der Waals surface area contributed by atoms with Crippen LogP contribution in [0.1, 0.15) is 31.4 Å². The number of nitrogens with zero attached hydrogens (tertiary/aromatic N) is 2. The summed E-state index contributed by atoms with van der Waals surface area (Å²) in [7, 11) is -2.29. The molecule has 1 atom stereocenters. The second-order valence-electron chi connectivity index (χ2n) is 10.1. The molecule has 0 radical (unpaired) electrons. The molecule has 9 nitrogen and oxygen atoms in total. The van der Waals surface area contributed by atoms with Crippen LogP contribution in [0.5, 0.6) is 5.75 Å². The highest BCUT2D eigenvalue weighted by atomic mass is 32.2. The van der Waals surface area contributed by atoms with Crippen LogP contribution < -0.4 is 25.8 Å². The van der Waals surface area contributed by atoms with E-state index in [-0.39, 0.29) is 29.2 Å². The van der Waals surface area contributed by atoms with Crippen LogP contribution in [0.3, 0.4) is 0 Å². The third kappa shape index (κ3) is 8.07. The Hall–Kier alpha value is -4.58. The van der Waals surface area contributed by atoms with Crippen molar-refractivity contribution in [2.45, 2.75) is 31.2 Å². The summed E-state index contributed by atoms with van der Waals surface area (Å²) in [6.45, 7) is 4.20. The number of nitrogens with two attached hydrogens (primary N) is 2. The van der Waals surface area contributed by atoms with Crippen molar-refractivity contribution in [3.05, 3.63) is 108 Å². The Morgan fingerprint density at radius 1 is 0.977 bits per heavy atom. The number of nitrogens with one attached hydrogen (secondary N) is 1. The Morgan fingerprint density at radius 3 is 2.30 bits per heavy atom. The van der Waals surface area contributed by atoms with Crippen molar-refractivity contribution in [1.82, 2.24) is 0 Å². The molecule has 4 aromatic rings. The van der Waals surface area contributed by atoms with Gasteiger partial charge in [0.2, 0.25) is 15.9 Å². The van der Waals surface area contributed by atoms with Crippen LogP contribution >= 0.6 is 12.2 Å². The lowest BCUT2D eigenvalue weighted by Gasteiger charge is -2.30. The van der Waals surface area contributed by atoms with Gasteiger partial charge in [-0.05, 0) is 73.5 Å². The fourth-order valence-corrected chi connectivity index (χ4v) is 5.57. The number of carbonyl (C=O) groups excluding carboxylic acids is 1. The smallest absolute Gasteiger partial charge is 0.243 e. The zero-order chi connectivity index (χ0) is 31.9. The maximum absolute atomic E-state index is 13.2. The molecule has 0 aliphatic rings. The predicted octanol–water partition coefficient (Wildman–Crippen LogP) is 5.33. The Kier molecular flexibility index (Phi) is 10.5. The molecule has 0 aliphatic heterocycles. The van der Waals surface area contributed by atoms with Gasteiger partial charge in [0, 0.05) is 34.1 Å². The molecule has 0 spiro atoms. The first kappa shape index (κ1) is 32.3. The highest BCUT2D eigenvalue weighted by Crippen LogP contribution is 2.28. The second kappa shape index (κ2) is 14.3. The minimum atomic E-state index is -3.89. The van der Waals surface area contributed by atoms with E-state index in [2.05, 4.69) is 17.2 Å². The number of amides is 1. The van der Waals surface area contributed by atoms with E-state index in [0.717, 1.165) is 23.4 Å². The highest BCUT2D eigenvalue weighted by Gasteiger charge is 2.19. The summed E-state index contributed by atoms with van der Waals surface area (Å²) in [5.41, 5.74) is 10.3. The molecular formula is C33H35N5O4S2. The van der Waals surface area contributed by atoms with Crippen LogP contribution in [0.2, 0.25) is 0 Å². The standard InChI is InChI=1S/C33H35N5O4S2/c1-4-22(2)38(27-9-7-8-25(20-27)32(34)37-33(43)24-14-18-28(42-3)19-15-24)21-31(39)36-26-16-12-23(13-17-26)29-10-5-6-11-30(29)44(35,40)41/h5-20,22H,4,21H2,1-3H3,(H,36,39)(H2,34,37,43)(H2,35,40,41). The number of aliphatic imine (C=N–C) groups is 1. The Balaban J connectivity index is 1.49. The SMILES string of the molecule is CCC(C)N(CC(=O)Nc1ccc(-c2ccccc2S(N)(=O)=O)cc1)c1cccc(C(N)=NC(=S)c2ccc(OC)cc2)c1. The van der Waals surface area contributed by atoms with Gasteiger partial charge in [-0.2, -0.15) is 0 Å². The summed E-state index contributed by atoms with van der Waals surface area (Å²) < 4.78 is 29.2. The second-order valence-corrected chi connectivity index (χ2v) is 12.0. The molecule has 0 aromatic heterocycles. The van der Waals surface area contributed by atoms with Crippen LogP contribution in [-0.4, -0.2) is 44.8 Å². The summed E-state index contributed by atoms with van der Waals surface area (Å²) in [4.78, 5) is 20.0. The molecule has 4 rings (SSSR count). The van der Waals surface area contributed by atoms with Gasteiger partial charge in [0.25, 0.3) is 0 Å². The summed E-state index contributed by atoms with van der Waals surface area (Å²) in [6.07, 6.45) is 0.806.